The quantitative estimate of drug-likeness (QED) is 0.468. The summed E-state index contributed by atoms with van der Waals surface area (Å²) in [5, 5.41) is 19.8. The highest BCUT2D eigenvalue weighted by Gasteiger charge is 2.60. The van der Waals surface area contributed by atoms with Crippen LogP contribution in [0.3, 0.4) is 0 Å². The molecule has 0 bridgehead atoms. The van der Waals surface area contributed by atoms with Gasteiger partial charge in [-0.3, -0.25) is 0 Å². The molecular weight excluding hydrogens is 368 g/mol. The average molecular weight is 419 g/mol. The number of hydrogen-bond acceptors (Lipinski definition) is 2. The van der Waals surface area contributed by atoms with Gasteiger partial charge in [-0.2, -0.15) is 0 Å². The highest BCUT2D eigenvalue weighted by molar-refractivity contribution is 5.10. The normalized spacial score (nSPS) is 49.2. The van der Waals surface area contributed by atoms with Crippen LogP contribution in [0.5, 0.6) is 0 Å². The number of aliphatic hydroxyl groups is 2. The van der Waals surface area contributed by atoms with E-state index < -0.39 is 5.60 Å². The van der Waals surface area contributed by atoms with E-state index in [4.69, 9.17) is 5.11 Å². The minimum atomic E-state index is -0.410. The fourth-order valence-electron chi connectivity index (χ4n) is 9.31. The van der Waals surface area contributed by atoms with E-state index in [0.29, 0.717) is 17.4 Å². The lowest BCUT2D eigenvalue weighted by atomic mass is 9.44. The largest absolute Gasteiger partial charge is 0.396 e. The SMILES string of the molecule is CC(CCCO)CCCC1CCC2C3CCC4C[C@@](C)(O)CCC4(C)C3CCC12C. The molecule has 0 spiro atoms. The van der Waals surface area contributed by atoms with Crippen LogP contribution in [0.25, 0.3) is 0 Å². The molecule has 0 heterocycles. The first-order chi connectivity index (χ1) is 14.2. The summed E-state index contributed by atoms with van der Waals surface area (Å²) in [6.45, 7) is 10.1. The molecule has 4 aliphatic carbocycles. The van der Waals surface area contributed by atoms with E-state index in [-0.39, 0.29) is 0 Å². The van der Waals surface area contributed by atoms with Gasteiger partial charge in [0.05, 0.1) is 5.60 Å². The van der Waals surface area contributed by atoms with Gasteiger partial charge in [0.25, 0.3) is 0 Å². The first kappa shape index (κ1) is 23.1. The number of hydrogen-bond donors (Lipinski definition) is 2. The van der Waals surface area contributed by atoms with Crippen LogP contribution >= 0.6 is 0 Å². The van der Waals surface area contributed by atoms with Gasteiger partial charge in [0.15, 0.2) is 0 Å². The lowest BCUT2D eigenvalue weighted by Gasteiger charge is -2.62. The summed E-state index contributed by atoms with van der Waals surface area (Å²) in [5.74, 6) is 5.32. The first-order valence-electron chi connectivity index (χ1n) is 13.5. The molecule has 2 N–H and O–H groups in total. The molecule has 30 heavy (non-hydrogen) atoms. The monoisotopic (exact) mass is 418 g/mol. The molecule has 4 saturated carbocycles. The maximum Gasteiger partial charge on any atom is 0.0622 e. The van der Waals surface area contributed by atoms with E-state index in [0.717, 1.165) is 54.8 Å². The first-order valence-corrected chi connectivity index (χ1v) is 13.5. The van der Waals surface area contributed by atoms with E-state index >= 15 is 0 Å². The lowest BCUT2D eigenvalue weighted by molar-refractivity contribution is -0.146. The predicted octanol–water partition coefficient (Wildman–Crippen LogP) is 6.98. The van der Waals surface area contributed by atoms with E-state index in [1.54, 1.807) is 0 Å². The Hall–Kier alpha value is -0.0800. The zero-order chi connectivity index (χ0) is 21.6. The van der Waals surface area contributed by atoms with Crippen LogP contribution in [0.2, 0.25) is 0 Å². The van der Waals surface area contributed by atoms with Crippen molar-refractivity contribution in [1.29, 1.82) is 0 Å². The van der Waals surface area contributed by atoms with Crippen LogP contribution in [-0.2, 0) is 0 Å². The fourth-order valence-corrected chi connectivity index (χ4v) is 9.31. The van der Waals surface area contributed by atoms with E-state index in [1.807, 2.05) is 0 Å². The molecule has 0 aliphatic heterocycles. The van der Waals surface area contributed by atoms with Crippen LogP contribution in [0.1, 0.15) is 118 Å². The van der Waals surface area contributed by atoms with E-state index in [9.17, 15) is 5.11 Å². The molecule has 174 valence electrons. The second-order valence-electron chi connectivity index (χ2n) is 13.1. The van der Waals surface area contributed by atoms with E-state index in [1.165, 1.54) is 70.6 Å². The van der Waals surface area contributed by atoms with Crippen molar-refractivity contribution in [2.75, 3.05) is 6.61 Å². The summed E-state index contributed by atoms with van der Waals surface area (Å²) in [6.07, 6.45) is 18.4. The van der Waals surface area contributed by atoms with Crippen LogP contribution in [0.15, 0.2) is 0 Å². The Labute approximate surface area is 186 Å². The molecule has 8 unspecified atom stereocenters. The van der Waals surface area contributed by atoms with Crippen LogP contribution < -0.4 is 0 Å². The molecular formula is C28H50O2. The maximum absolute atomic E-state index is 10.7. The Balaban J connectivity index is 1.38. The third kappa shape index (κ3) is 4.14. The molecule has 9 atom stereocenters. The lowest BCUT2D eigenvalue weighted by Crippen LogP contribution is -2.55. The number of aliphatic hydroxyl groups excluding tert-OH is 1. The molecule has 0 aromatic carbocycles. The van der Waals surface area contributed by atoms with Gasteiger partial charge in [-0.25, -0.2) is 0 Å². The second kappa shape index (κ2) is 8.69. The summed E-state index contributed by atoms with van der Waals surface area (Å²) in [6, 6.07) is 0. The highest BCUT2D eigenvalue weighted by Crippen LogP contribution is 2.68. The fraction of sp³-hybridized carbons (Fsp3) is 1.00. The van der Waals surface area contributed by atoms with Crippen molar-refractivity contribution in [2.24, 2.45) is 46.3 Å². The van der Waals surface area contributed by atoms with E-state index in [2.05, 4.69) is 27.7 Å². The molecule has 4 fully saturated rings. The van der Waals surface area contributed by atoms with Gasteiger partial charge in [0.2, 0.25) is 0 Å². The zero-order valence-corrected chi connectivity index (χ0v) is 20.5. The predicted molar refractivity (Wildman–Crippen MR) is 125 cm³/mol. The molecule has 4 aliphatic rings. The van der Waals surface area contributed by atoms with Crippen molar-refractivity contribution < 1.29 is 10.2 Å². The number of rotatable bonds is 7. The maximum atomic E-state index is 10.7. The second-order valence-corrected chi connectivity index (χ2v) is 13.1. The average Bonchev–Trinajstić information content (AvgIpc) is 3.03. The van der Waals surface area contributed by atoms with Crippen molar-refractivity contribution >= 4 is 0 Å². The van der Waals surface area contributed by atoms with Gasteiger partial charge in [0, 0.05) is 6.61 Å². The van der Waals surface area contributed by atoms with Crippen molar-refractivity contribution in [2.45, 2.75) is 123 Å². The zero-order valence-electron chi connectivity index (χ0n) is 20.5. The minimum Gasteiger partial charge on any atom is -0.396 e. The summed E-state index contributed by atoms with van der Waals surface area (Å²) in [7, 11) is 0. The molecule has 0 aromatic rings. The van der Waals surface area contributed by atoms with Crippen molar-refractivity contribution in [3.63, 3.8) is 0 Å². The summed E-state index contributed by atoms with van der Waals surface area (Å²) in [4.78, 5) is 0. The van der Waals surface area contributed by atoms with Crippen LogP contribution in [-0.4, -0.2) is 22.4 Å². The summed E-state index contributed by atoms with van der Waals surface area (Å²) in [5.41, 5.74) is 0.679. The van der Waals surface area contributed by atoms with Gasteiger partial charge < -0.3 is 10.2 Å². The van der Waals surface area contributed by atoms with Gasteiger partial charge in [0.1, 0.15) is 0 Å². The molecule has 0 amide bonds. The van der Waals surface area contributed by atoms with Crippen LogP contribution in [0.4, 0.5) is 0 Å². The minimum absolute atomic E-state index is 0.354. The third-order valence-electron chi connectivity index (χ3n) is 11.3. The molecule has 0 radical (unpaired) electrons. The van der Waals surface area contributed by atoms with Gasteiger partial charge in [-0.05, 0) is 130 Å². The molecule has 2 heteroatoms. The third-order valence-corrected chi connectivity index (χ3v) is 11.3. The Bertz CT molecular complexity index is 585. The standard InChI is InChI=1S/C28H50O2/c1-20(8-6-18-29)7-5-9-21-11-13-24-23-12-10-22-19-26(2,30)16-17-28(22,4)25(23)14-15-27(21,24)3/h20-25,29-30H,5-19H2,1-4H3/t20?,21?,22?,23?,24?,25?,26-,27?,28?/m0/s1. The molecule has 2 nitrogen and oxygen atoms in total. The van der Waals surface area contributed by atoms with Crippen LogP contribution in [0, 0.1) is 46.3 Å². The molecule has 4 rings (SSSR count). The Kier molecular flexibility index (Phi) is 6.69. The Morgan fingerprint density at radius 3 is 2.33 bits per heavy atom. The molecule has 0 saturated heterocycles. The summed E-state index contributed by atoms with van der Waals surface area (Å²) >= 11 is 0. The molecule has 0 aromatic heterocycles. The van der Waals surface area contributed by atoms with Crippen molar-refractivity contribution in [1.82, 2.24) is 0 Å². The topological polar surface area (TPSA) is 40.5 Å². The Morgan fingerprint density at radius 1 is 0.833 bits per heavy atom. The smallest absolute Gasteiger partial charge is 0.0622 e. The number of fused-ring (bicyclic) bond motifs is 5. The highest BCUT2D eigenvalue weighted by atomic mass is 16.3. The van der Waals surface area contributed by atoms with Gasteiger partial charge >= 0.3 is 0 Å². The summed E-state index contributed by atoms with van der Waals surface area (Å²) < 4.78 is 0. The van der Waals surface area contributed by atoms with Crippen molar-refractivity contribution in [3.05, 3.63) is 0 Å². The Morgan fingerprint density at radius 2 is 1.57 bits per heavy atom. The van der Waals surface area contributed by atoms with Gasteiger partial charge in [-0.1, -0.05) is 33.6 Å². The van der Waals surface area contributed by atoms with Gasteiger partial charge in [-0.15, -0.1) is 0 Å². The van der Waals surface area contributed by atoms with Crippen molar-refractivity contribution in [3.8, 4) is 0 Å².